The van der Waals surface area contributed by atoms with Gasteiger partial charge >= 0.3 is 18.1 Å². The van der Waals surface area contributed by atoms with Gasteiger partial charge in [-0.1, -0.05) is 89.5 Å². The first kappa shape index (κ1) is 35.6. The van der Waals surface area contributed by atoms with Crippen LogP contribution in [-0.4, -0.2) is 30.8 Å². The first-order valence-electron chi connectivity index (χ1n) is 15.7. The predicted octanol–water partition coefficient (Wildman–Crippen LogP) is 10.5. The summed E-state index contributed by atoms with van der Waals surface area (Å²) in [5, 5.41) is 0. The second kappa shape index (κ2) is 18.2. The second-order valence-electron chi connectivity index (χ2n) is 11.0. The third kappa shape index (κ3) is 11.9. The molecule has 0 saturated carbocycles. The van der Waals surface area contributed by atoms with Crippen LogP contribution < -0.4 is 9.47 Å². The molecule has 0 spiro atoms. The normalized spacial score (nSPS) is 12.0. The van der Waals surface area contributed by atoms with E-state index in [2.05, 4.69) is 11.7 Å². The maximum Gasteiger partial charge on any atom is 0.425 e. The number of benzene rings is 3. The molecule has 0 saturated heterocycles. The molecule has 3 rings (SSSR count). The Morgan fingerprint density at radius 2 is 1.24 bits per heavy atom. The van der Waals surface area contributed by atoms with Crippen LogP contribution in [0.3, 0.4) is 0 Å². The van der Waals surface area contributed by atoms with Gasteiger partial charge in [0.2, 0.25) is 0 Å². The van der Waals surface area contributed by atoms with Crippen LogP contribution in [0.15, 0.2) is 66.7 Å². The fourth-order valence-electron chi connectivity index (χ4n) is 4.73. The minimum absolute atomic E-state index is 0.191. The summed E-state index contributed by atoms with van der Waals surface area (Å²) in [5.74, 6) is -2.79. The molecule has 45 heavy (non-hydrogen) atoms. The van der Waals surface area contributed by atoms with Gasteiger partial charge in [-0.3, -0.25) is 0 Å². The van der Waals surface area contributed by atoms with Crippen molar-refractivity contribution in [1.82, 2.24) is 0 Å². The fourth-order valence-corrected chi connectivity index (χ4v) is 4.73. The van der Waals surface area contributed by atoms with Crippen molar-refractivity contribution in [2.45, 2.75) is 96.8 Å². The number of alkyl halides is 3. The molecule has 9 heteroatoms. The SMILES string of the molecule is CCCCCCCCCCOc1ccc(-c2ccc(C(=O)Oc3ccc(C(=O)O[C@H](CCCC)C(F)(F)F)c(F)c3)cc2)cc1. The first-order valence-corrected chi connectivity index (χ1v) is 15.7. The zero-order chi connectivity index (χ0) is 32.7. The van der Waals surface area contributed by atoms with E-state index < -0.39 is 42.0 Å². The fraction of sp³-hybridized carbons (Fsp3) is 0.444. The molecule has 0 amide bonds. The number of halogens is 4. The number of rotatable bonds is 18. The quantitative estimate of drug-likeness (QED) is 0.0606. The van der Waals surface area contributed by atoms with Crippen molar-refractivity contribution < 1.29 is 41.4 Å². The number of hydrogen-bond acceptors (Lipinski definition) is 5. The third-order valence-electron chi connectivity index (χ3n) is 7.38. The summed E-state index contributed by atoms with van der Waals surface area (Å²) in [7, 11) is 0. The van der Waals surface area contributed by atoms with Gasteiger partial charge in [-0.15, -0.1) is 0 Å². The number of hydrogen-bond donors (Lipinski definition) is 0. The lowest BCUT2D eigenvalue weighted by atomic mass is 10.0. The topological polar surface area (TPSA) is 61.8 Å². The van der Waals surface area contributed by atoms with Crippen LogP contribution >= 0.6 is 0 Å². The molecule has 0 radical (unpaired) electrons. The highest BCUT2D eigenvalue weighted by atomic mass is 19.4. The van der Waals surface area contributed by atoms with E-state index in [9.17, 15) is 27.2 Å². The average Bonchev–Trinajstić information content (AvgIpc) is 3.02. The lowest BCUT2D eigenvalue weighted by molar-refractivity contribution is -0.206. The number of unbranched alkanes of at least 4 members (excludes halogenated alkanes) is 8. The highest BCUT2D eigenvalue weighted by Gasteiger charge is 2.42. The second-order valence-corrected chi connectivity index (χ2v) is 11.0. The molecule has 244 valence electrons. The summed E-state index contributed by atoms with van der Waals surface area (Å²) in [6.45, 7) is 4.61. The minimum atomic E-state index is -4.77. The lowest BCUT2D eigenvalue weighted by Gasteiger charge is -2.20. The van der Waals surface area contributed by atoms with Crippen LogP contribution in [-0.2, 0) is 4.74 Å². The van der Waals surface area contributed by atoms with Crippen LogP contribution in [0, 0.1) is 5.82 Å². The number of carbonyl (C=O) groups excluding carboxylic acids is 2. The summed E-state index contributed by atoms with van der Waals surface area (Å²) in [5.41, 5.74) is 1.32. The molecular formula is C36H42F4O5. The molecule has 0 fully saturated rings. The predicted molar refractivity (Wildman–Crippen MR) is 166 cm³/mol. The van der Waals surface area contributed by atoms with Crippen LogP contribution in [0.2, 0.25) is 0 Å². The Morgan fingerprint density at radius 3 is 1.82 bits per heavy atom. The van der Waals surface area contributed by atoms with Crippen LogP contribution in [0.1, 0.15) is 105 Å². The standard InChI is InChI=1S/C36H42F4O5/c1-3-5-7-8-9-10-11-12-24-43-29-20-18-27(19-21-29)26-14-16-28(17-15-26)34(41)44-30-22-23-31(32(37)25-30)35(42)45-33(13-6-4-2)36(38,39)40/h14-23,25,33H,3-13,24H2,1-2H3/t33-/m1/s1. The minimum Gasteiger partial charge on any atom is -0.494 e. The number of esters is 2. The highest BCUT2D eigenvalue weighted by molar-refractivity contribution is 5.92. The van der Waals surface area contributed by atoms with Gasteiger partial charge in [0.25, 0.3) is 0 Å². The van der Waals surface area contributed by atoms with Crippen LogP contribution in [0.4, 0.5) is 17.6 Å². The van der Waals surface area contributed by atoms with E-state index in [0.29, 0.717) is 13.0 Å². The van der Waals surface area contributed by atoms with E-state index in [1.807, 2.05) is 24.3 Å². The molecule has 0 unspecified atom stereocenters. The maximum atomic E-state index is 14.6. The van der Waals surface area contributed by atoms with Crippen molar-refractivity contribution >= 4 is 11.9 Å². The average molecular weight is 631 g/mol. The highest BCUT2D eigenvalue weighted by Crippen LogP contribution is 2.29. The van der Waals surface area contributed by atoms with Crippen molar-refractivity contribution in [2.75, 3.05) is 6.61 Å². The Morgan fingerprint density at radius 1 is 0.689 bits per heavy atom. The Balaban J connectivity index is 1.49. The number of ether oxygens (including phenoxy) is 3. The van der Waals surface area contributed by atoms with Crippen molar-refractivity contribution in [3.8, 4) is 22.6 Å². The summed E-state index contributed by atoms with van der Waals surface area (Å²) in [6.07, 6.45) is 3.08. The van der Waals surface area contributed by atoms with Gasteiger partial charge in [-0.2, -0.15) is 13.2 Å². The van der Waals surface area contributed by atoms with E-state index >= 15 is 0 Å². The molecule has 5 nitrogen and oxygen atoms in total. The van der Waals surface area contributed by atoms with Crippen LogP contribution in [0.5, 0.6) is 11.5 Å². The Bertz CT molecular complexity index is 1340. The summed E-state index contributed by atoms with van der Waals surface area (Å²) < 4.78 is 69.8. The van der Waals surface area contributed by atoms with Gasteiger partial charge in [-0.05, 0) is 66.8 Å². The van der Waals surface area contributed by atoms with E-state index in [-0.39, 0.29) is 17.7 Å². The van der Waals surface area contributed by atoms with Gasteiger partial charge in [0.1, 0.15) is 17.3 Å². The van der Waals surface area contributed by atoms with Crippen molar-refractivity contribution in [3.63, 3.8) is 0 Å². The monoisotopic (exact) mass is 630 g/mol. The van der Waals surface area contributed by atoms with Gasteiger partial charge in [0, 0.05) is 6.07 Å². The maximum absolute atomic E-state index is 14.6. The first-order chi connectivity index (χ1) is 21.6. The molecule has 3 aromatic carbocycles. The molecule has 0 N–H and O–H groups in total. The van der Waals surface area contributed by atoms with Crippen molar-refractivity contribution in [1.29, 1.82) is 0 Å². The molecule has 1 atom stereocenters. The molecule has 0 heterocycles. The molecule has 3 aromatic rings. The summed E-state index contributed by atoms with van der Waals surface area (Å²) in [6, 6.07) is 17.1. The van der Waals surface area contributed by atoms with Crippen LogP contribution in [0.25, 0.3) is 11.1 Å². The molecule has 0 aliphatic rings. The molecule has 0 bridgehead atoms. The Labute approximate surface area is 262 Å². The Hall–Kier alpha value is -3.88. The van der Waals surface area contributed by atoms with E-state index in [4.69, 9.17) is 9.47 Å². The largest absolute Gasteiger partial charge is 0.494 e. The van der Waals surface area contributed by atoms with Gasteiger partial charge in [0.15, 0.2) is 6.10 Å². The van der Waals surface area contributed by atoms with Crippen molar-refractivity contribution in [3.05, 3.63) is 83.7 Å². The van der Waals surface area contributed by atoms with Gasteiger partial charge in [0.05, 0.1) is 17.7 Å². The van der Waals surface area contributed by atoms with E-state index in [1.54, 1.807) is 31.2 Å². The van der Waals surface area contributed by atoms with Gasteiger partial charge in [-0.25, -0.2) is 14.0 Å². The zero-order valence-electron chi connectivity index (χ0n) is 26.0. The van der Waals surface area contributed by atoms with E-state index in [1.165, 1.54) is 44.9 Å². The smallest absolute Gasteiger partial charge is 0.425 e. The third-order valence-corrected chi connectivity index (χ3v) is 7.38. The lowest BCUT2D eigenvalue weighted by Crippen LogP contribution is -2.34. The Kier molecular flexibility index (Phi) is 14.4. The summed E-state index contributed by atoms with van der Waals surface area (Å²) >= 11 is 0. The van der Waals surface area contributed by atoms with E-state index in [0.717, 1.165) is 41.5 Å². The molecule has 0 aliphatic carbocycles. The molecule has 0 aromatic heterocycles. The molecule has 0 aliphatic heterocycles. The summed E-state index contributed by atoms with van der Waals surface area (Å²) in [4.78, 5) is 24.9. The van der Waals surface area contributed by atoms with Gasteiger partial charge < -0.3 is 14.2 Å². The zero-order valence-corrected chi connectivity index (χ0v) is 26.0. The van der Waals surface area contributed by atoms with Crippen molar-refractivity contribution in [2.24, 2.45) is 0 Å². The molecular weight excluding hydrogens is 588 g/mol. The number of carbonyl (C=O) groups is 2.